The van der Waals surface area contributed by atoms with Crippen molar-refractivity contribution in [2.45, 2.75) is 13.0 Å². The van der Waals surface area contributed by atoms with Gasteiger partial charge >= 0.3 is 0 Å². The highest BCUT2D eigenvalue weighted by molar-refractivity contribution is 7.80. The lowest BCUT2D eigenvalue weighted by Gasteiger charge is -2.29. The Hall–Kier alpha value is -1.14. The number of nitrogens with one attached hydrogen (secondary N) is 2. The van der Waals surface area contributed by atoms with Crippen LogP contribution in [0.4, 0.5) is 0 Å². The largest absolute Gasteiger partial charge is 0.350 e. The van der Waals surface area contributed by atoms with E-state index >= 15 is 0 Å². The average molecular weight is 225 g/mol. The SMILES string of the molecule is S=C1NCN(CCCn2ccnc2)CN1. The zero-order valence-corrected chi connectivity index (χ0v) is 9.33. The first-order valence-electron chi connectivity index (χ1n) is 5.04. The summed E-state index contributed by atoms with van der Waals surface area (Å²) in [6, 6.07) is 0. The number of aromatic nitrogens is 2. The van der Waals surface area contributed by atoms with Crippen LogP contribution in [0.25, 0.3) is 0 Å². The molecule has 5 nitrogen and oxygen atoms in total. The molecule has 0 spiro atoms. The predicted octanol–water partition coefficient (Wildman–Crippen LogP) is -0.0321. The summed E-state index contributed by atoms with van der Waals surface area (Å²) in [6.45, 7) is 3.76. The third kappa shape index (κ3) is 3.17. The van der Waals surface area contributed by atoms with Gasteiger partial charge in [-0.3, -0.25) is 4.90 Å². The summed E-state index contributed by atoms with van der Waals surface area (Å²) in [5, 5.41) is 6.96. The molecule has 0 radical (unpaired) electrons. The van der Waals surface area contributed by atoms with Gasteiger partial charge in [-0.2, -0.15) is 0 Å². The molecule has 2 rings (SSSR count). The van der Waals surface area contributed by atoms with Gasteiger partial charge in [0, 0.05) is 25.5 Å². The fourth-order valence-electron chi connectivity index (χ4n) is 1.54. The van der Waals surface area contributed by atoms with Gasteiger partial charge in [-0.1, -0.05) is 0 Å². The maximum atomic E-state index is 4.97. The molecular weight excluding hydrogens is 210 g/mol. The first kappa shape index (κ1) is 10.4. The van der Waals surface area contributed by atoms with E-state index in [4.69, 9.17) is 12.2 Å². The van der Waals surface area contributed by atoms with Crippen LogP contribution in [-0.2, 0) is 6.54 Å². The second-order valence-electron chi connectivity index (χ2n) is 3.55. The van der Waals surface area contributed by atoms with E-state index in [-0.39, 0.29) is 0 Å². The molecule has 0 amide bonds. The summed E-state index contributed by atoms with van der Waals surface area (Å²) in [7, 11) is 0. The van der Waals surface area contributed by atoms with Gasteiger partial charge < -0.3 is 15.2 Å². The van der Waals surface area contributed by atoms with Crippen molar-refractivity contribution < 1.29 is 0 Å². The molecule has 0 aromatic carbocycles. The van der Waals surface area contributed by atoms with Crippen LogP contribution in [0.15, 0.2) is 18.7 Å². The van der Waals surface area contributed by atoms with E-state index < -0.39 is 0 Å². The standard InChI is InChI=1S/C9H15N5S/c15-9-11-7-14(8-12-9)4-1-3-13-5-2-10-6-13/h2,5-6H,1,3-4,7-8H2,(H2,11,12,15). The molecule has 1 fully saturated rings. The van der Waals surface area contributed by atoms with Crippen LogP contribution < -0.4 is 10.6 Å². The first-order chi connectivity index (χ1) is 7.34. The van der Waals surface area contributed by atoms with Gasteiger partial charge in [-0.25, -0.2) is 4.98 Å². The van der Waals surface area contributed by atoms with Gasteiger partial charge in [-0.05, 0) is 18.6 Å². The van der Waals surface area contributed by atoms with Crippen molar-refractivity contribution in [1.82, 2.24) is 25.1 Å². The van der Waals surface area contributed by atoms with Crippen molar-refractivity contribution in [3.63, 3.8) is 0 Å². The highest BCUT2D eigenvalue weighted by atomic mass is 32.1. The fraction of sp³-hybridized carbons (Fsp3) is 0.556. The molecule has 1 aliphatic rings. The monoisotopic (exact) mass is 225 g/mol. The summed E-state index contributed by atoms with van der Waals surface area (Å²) in [4.78, 5) is 6.29. The minimum atomic E-state index is 0.751. The van der Waals surface area contributed by atoms with Crippen molar-refractivity contribution in [3.05, 3.63) is 18.7 Å². The Morgan fingerprint density at radius 1 is 1.33 bits per heavy atom. The molecule has 1 aromatic rings. The molecule has 1 aromatic heterocycles. The molecule has 0 unspecified atom stereocenters. The maximum Gasteiger partial charge on any atom is 0.168 e. The van der Waals surface area contributed by atoms with Gasteiger partial charge in [-0.15, -0.1) is 0 Å². The molecule has 6 heteroatoms. The zero-order chi connectivity index (χ0) is 10.5. The Labute approximate surface area is 94.5 Å². The fourth-order valence-corrected chi connectivity index (χ4v) is 1.67. The lowest BCUT2D eigenvalue weighted by atomic mass is 10.4. The van der Waals surface area contributed by atoms with Gasteiger partial charge in [0.05, 0.1) is 19.7 Å². The van der Waals surface area contributed by atoms with E-state index in [1.54, 1.807) is 0 Å². The number of nitrogens with zero attached hydrogens (tertiary/aromatic N) is 3. The molecule has 1 saturated heterocycles. The summed E-state index contributed by atoms with van der Waals surface area (Å²) in [5.41, 5.74) is 0. The molecule has 0 bridgehead atoms. The highest BCUT2D eigenvalue weighted by Crippen LogP contribution is 1.95. The van der Waals surface area contributed by atoms with E-state index in [1.165, 1.54) is 0 Å². The smallest absolute Gasteiger partial charge is 0.168 e. The lowest BCUT2D eigenvalue weighted by Crippen LogP contribution is -2.53. The quantitative estimate of drug-likeness (QED) is 0.705. The lowest BCUT2D eigenvalue weighted by molar-refractivity contribution is 0.237. The molecular formula is C9H15N5S. The molecule has 2 heterocycles. The average Bonchev–Trinajstić information content (AvgIpc) is 2.74. The number of hydrogen-bond donors (Lipinski definition) is 2. The Morgan fingerprint density at radius 2 is 2.13 bits per heavy atom. The zero-order valence-electron chi connectivity index (χ0n) is 8.52. The maximum absolute atomic E-state index is 4.97. The minimum Gasteiger partial charge on any atom is -0.350 e. The number of aryl methyl sites for hydroxylation is 1. The first-order valence-corrected chi connectivity index (χ1v) is 5.45. The summed E-state index contributed by atoms with van der Waals surface area (Å²) >= 11 is 4.97. The predicted molar refractivity (Wildman–Crippen MR) is 62.2 cm³/mol. The summed E-state index contributed by atoms with van der Waals surface area (Å²) < 4.78 is 2.09. The van der Waals surface area contributed by atoms with Gasteiger partial charge in [0.2, 0.25) is 0 Å². The second kappa shape index (κ2) is 5.09. The molecule has 0 aliphatic carbocycles. The minimum absolute atomic E-state index is 0.751. The van der Waals surface area contributed by atoms with Crippen molar-refractivity contribution in [3.8, 4) is 0 Å². The molecule has 82 valence electrons. The van der Waals surface area contributed by atoms with Crippen LogP contribution in [0, 0.1) is 0 Å². The van der Waals surface area contributed by atoms with E-state index in [0.717, 1.165) is 38.0 Å². The van der Waals surface area contributed by atoms with Gasteiger partial charge in [0.25, 0.3) is 0 Å². The van der Waals surface area contributed by atoms with Crippen LogP contribution in [0.2, 0.25) is 0 Å². The summed E-state index contributed by atoms with van der Waals surface area (Å²) in [6.07, 6.45) is 6.76. The molecule has 0 atom stereocenters. The van der Waals surface area contributed by atoms with Crippen LogP contribution in [0.5, 0.6) is 0 Å². The normalized spacial score (nSPS) is 17.2. The number of thiocarbonyl (C=S) groups is 1. The van der Waals surface area contributed by atoms with Crippen molar-refractivity contribution in [2.24, 2.45) is 0 Å². The van der Waals surface area contributed by atoms with Crippen molar-refractivity contribution >= 4 is 17.3 Å². The second-order valence-corrected chi connectivity index (χ2v) is 3.96. The van der Waals surface area contributed by atoms with E-state index in [0.29, 0.717) is 0 Å². The Balaban J connectivity index is 1.64. The van der Waals surface area contributed by atoms with E-state index in [1.807, 2.05) is 18.7 Å². The molecule has 2 N–H and O–H groups in total. The van der Waals surface area contributed by atoms with E-state index in [9.17, 15) is 0 Å². The molecule has 0 saturated carbocycles. The van der Waals surface area contributed by atoms with Crippen LogP contribution in [0.3, 0.4) is 0 Å². The third-order valence-electron chi connectivity index (χ3n) is 2.38. The summed E-state index contributed by atoms with van der Waals surface area (Å²) in [5.74, 6) is 0. The third-order valence-corrected chi connectivity index (χ3v) is 2.66. The van der Waals surface area contributed by atoms with Gasteiger partial charge in [0.1, 0.15) is 0 Å². The highest BCUT2D eigenvalue weighted by Gasteiger charge is 2.10. The van der Waals surface area contributed by atoms with Crippen molar-refractivity contribution in [2.75, 3.05) is 19.9 Å². The van der Waals surface area contributed by atoms with Crippen LogP contribution >= 0.6 is 12.2 Å². The Bertz CT molecular complexity index is 300. The van der Waals surface area contributed by atoms with Gasteiger partial charge in [0.15, 0.2) is 5.11 Å². The topological polar surface area (TPSA) is 45.1 Å². The Morgan fingerprint density at radius 3 is 2.80 bits per heavy atom. The van der Waals surface area contributed by atoms with Crippen molar-refractivity contribution in [1.29, 1.82) is 0 Å². The van der Waals surface area contributed by atoms with Crippen LogP contribution in [-0.4, -0.2) is 39.4 Å². The number of rotatable bonds is 4. The molecule has 15 heavy (non-hydrogen) atoms. The number of hydrogen-bond acceptors (Lipinski definition) is 3. The van der Waals surface area contributed by atoms with E-state index in [2.05, 4.69) is 25.1 Å². The van der Waals surface area contributed by atoms with Crippen LogP contribution in [0.1, 0.15) is 6.42 Å². The molecule has 1 aliphatic heterocycles. The number of imidazole rings is 1. The Kier molecular flexibility index (Phi) is 3.52.